The van der Waals surface area contributed by atoms with Crippen molar-refractivity contribution >= 4 is 22.4 Å². The highest BCUT2D eigenvalue weighted by Gasteiger charge is 2.24. The van der Waals surface area contributed by atoms with E-state index in [0.29, 0.717) is 10.9 Å². The number of piperazine rings is 1. The second kappa shape index (κ2) is 7.44. The second-order valence-electron chi connectivity index (χ2n) is 7.62. The average Bonchev–Trinajstić information content (AvgIpc) is 3.25. The van der Waals surface area contributed by atoms with Crippen molar-refractivity contribution < 1.29 is 5.11 Å². The minimum Gasteiger partial charge on any atom is -0.395 e. The largest absolute Gasteiger partial charge is 0.395 e. The molecule has 1 saturated heterocycles. The molecule has 5 rings (SSSR count). The lowest BCUT2D eigenvalue weighted by Crippen LogP contribution is -2.47. The summed E-state index contributed by atoms with van der Waals surface area (Å²) in [6, 6.07) is 5.82. The number of anilines is 2. The molecule has 29 heavy (non-hydrogen) atoms. The lowest BCUT2D eigenvalue weighted by atomic mass is 10.1. The summed E-state index contributed by atoms with van der Waals surface area (Å²) in [4.78, 5) is 30.6. The zero-order chi connectivity index (χ0) is 19.8. The van der Waals surface area contributed by atoms with Gasteiger partial charge in [0.25, 0.3) is 5.56 Å². The van der Waals surface area contributed by atoms with Crippen LogP contribution in [0.4, 0.5) is 11.5 Å². The van der Waals surface area contributed by atoms with E-state index in [4.69, 9.17) is 5.11 Å². The van der Waals surface area contributed by atoms with Crippen LogP contribution in [-0.2, 0) is 19.4 Å². The SMILES string of the molecule is O=c1c2ccc(N3CCN(c4ncnc5c4CCC5)CC3)cc2ncn1CCO. The van der Waals surface area contributed by atoms with Crippen LogP contribution < -0.4 is 15.4 Å². The molecule has 0 atom stereocenters. The molecule has 3 aromatic rings. The van der Waals surface area contributed by atoms with Crippen molar-refractivity contribution in [2.24, 2.45) is 0 Å². The van der Waals surface area contributed by atoms with Crippen LogP contribution in [0.15, 0.2) is 35.6 Å². The highest BCUT2D eigenvalue weighted by molar-refractivity contribution is 5.81. The number of nitrogens with zero attached hydrogens (tertiary/aromatic N) is 6. The van der Waals surface area contributed by atoms with Crippen molar-refractivity contribution in [3.05, 3.63) is 52.5 Å². The molecule has 0 radical (unpaired) electrons. The average molecular weight is 392 g/mol. The number of aliphatic hydroxyl groups is 1. The van der Waals surface area contributed by atoms with E-state index in [2.05, 4.69) is 24.8 Å². The third-order valence-corrected chi connectivity index (χ3v) is 5.95. The van der Waals surface area contributed by atoms with Gasteiger partial charge in [0, 0.05) is 43.1 Å². The Kier molecular flexibility index (Phi) is 4.63. The van der Waals surface area contributed by atoms with E-state index in [9.17, 15) is 4.79 Å². The molecule has 150 valence electrons. The summed E-state index contributed by atoms with van der Waals surface area (Å²) in [5.41, 5.74) is 4.20. The molecule has 1 aliphatic carbocycles. The number of aryl methyl sites for hydroxylation is 1. The molecule has 1 N–H and O–H groups in total. The van der Waals surface area contributed by atoms with Crippen molar-refractivity contribution in [3.8, 4) is 0 Å². The molecule has 0 saturated carbocycles. The van der Waals surface area contributed by atoms with Gasteiger partial charge in [0.2, 0.25) is 0 Å². The highest BCUT2D eigenvalue weighted by Crippen LogP contribution is 2.29. The van der Waals surface area contributed by atoms with Crippen molar-refractivity contribution in [1.29, 1.82) is 0 Å². The molecule has 8 nitrogen and oxygen atoms in total. The Labute approximate surface area is 168 Å². The van der Waals surface area contributed by atoms with Gasteiger partial charge in [-0.15, -0.1) is 0 Å². The first-order chi connectivity index (χ1) is 14.2. The van der Waals surface area contributed by atoms with Crippen LogP contribution in [0.2, 0.25) is 0 Å². The van der Waals surface area contributed by atoms with Crippen molar-refractivity contribution in [2.75, 3.05) is 42.6 Å². The van der Waals surface area contributed by atoms with Crippen LogP contribution in [0.1, 0.15) is 17.7 Å². The van der Waals surface area contributed by atoms with E-state index in [-0.39, 0.29) is 18.7 Å². The molecule has 0 amide bonds. The number of rotatable bonds is 4. The van der Waals surface area contributed by atoms with Gasteiger partial charge >= 0.3 is 0 Å². The number of hydrogen-bond donors (Lipinski definition) is 1. The first kappa shape index (κ1) is 18.1. The van der Waals surface area contributed by atoms with Gasteiger partial charge < -0.3 is 14.9 Å². The number of benzene rings is 1. The van der Waals surface area contributed by atoms with Gasteiger partial charge in [-0.3, -0.25) is 9.36 Å². The highest BCUT2D eigenvalue weighted by atomic mass is 16.3. The van der Waals surface area contributed by atoms with Crippen molar-refractivity contribution in [1.82, 2.24) is 19.5 Å². The first-order valence-electron chi connectivity index (χ1n) is 10.2. The van der Waals surface area contributed by atoms with E-state index in [0.717, 1.165) is 50.5 Å². The summed E-state index contributed by atoms with van der Waals surface area (Å²) in [5.74, 6) is 1.11. The maximum atomic E-state index is 12.5. The smallest absolute Gasteiger partial charge is 0.261 e. The van der Waals surface area contributed by atoms with Gasteiger partial charge in [-0.05, 0) is 37.5 Å². The molecule has 2 aromatic heterocycles. The van der Waals surface area contributed by atoms with Gasteiger partial charge in [0.15, 0.2) is 0 Å². The summed E-state index contributed by atoms with van der Waals surface area (Å²) < 4.78 is 1.45. The number of aliphatic hydroxyl groups excluding tert-OH is 1. The summed E-state index contributed by atoms with van der Waals surface area (Å²) in [6.45, 7) is 3.79. The Bertz CT molecular complexity index is 1100. The van der Waals surface area contributed by atoms with Crippen LogP contribution in [0.3, 0.4) is 0 Å². The lowest BCUT2D eigenvalue weighted by Gasteiger charge is -2.37. The molecule has 1 aromatic carbocycles. The lowest BCUT2D eigenvalue weighted by molar-refractivity contribution is 0.274. The maximum absolute atomic E-state index is 12.5. The Morgan fingerprint density at radius 3 is 2.66 bits per heavy atom. The van der Waals surface area contributed by atoms with Gasteiger partial charge in [-0.2, -0.15) is 0 Å². The predicted octanol–water partition coefficient (Wildman–Crippen LogP) is 0.994. The van der Waals surface area contributed by atoms with E-state index >= 15 is 0 Å². The minimum atomic E-state index is -0.113. The fraction of sp³-hybridized carbons (Fsp3) is 0.429. The van der Waals surface area contributed by atoms with Gasteiger partial charge in [0.1, 0.15) is 12.1 Å². The molecule has 0 unspecified atom stereocenters. The van der Waals surface area contributed by atoms with Crippen LogP contribution >= 0.6 is 0 Å². The van der Waals surface area contributed by atoms with Crippen LogP contribution in [-0.4, -0.2) is 57.4 Å². The molecule has 1 aliphatic heterocycles. The predicted molar refractivity (Wildman–Crippen MR) is 112 cm³/mol. The monoisotopic (exact) mass is 392 g/mol. The van der Waals surface area contributed by atoms with Gasteiger partial charge in [-0.25, -0.2) is 15.0 Å². The Morgan fingerprint density at radius 1 is 1.00 bits per heavy atom. The summed E-state index contributed by atoms with van der Waals surface area (Å²) in [7, 11) is 0. The molecule has 8 heteroatoms. The molecule has 0 spiro atoms. The zero-order valence-electron chi connectivity index (χ0n) is 16.3. The second-order valence-corrected chi connectivity index (χ2v) is 7.62. The summed E-state index contributed by atoms with van der Waals surface area (Å²) in [6.07, 6.45) is 6.53. The first-order valence-corrected chi connectivity index (χ1v) is 10.2. The summed E-state index contributed by atoms with van der Waals surface area (Å²) in [5, 5.41) is 9.66. The molecular formula is C21H24N6O2. The maximum Gasteiger partial charge on any atom is 0.261 e. The van der Waals surface area contributed by atoms with Crippen molar-refractivity contribution in [2.45, 2.75) is 25.8 Å². The Morgan fingerprint density at radius 2 is 1.83 bits per heavy atom. The minimum absolute atomic E-state index is 0.0784. The van der Waals surface area contributed by atoms with E-state index in [1.807, 2.05) is 18.2 Å². The third-order valence-electron chi connectivity index (χ3n) is 5.95. The fourth-order valence-electron chi connectivity index (χ4n) is 4.40. The molecule has 0 bridgehead atoms. The van der Waals surface area contributed by atoms with Crippen LogP contribution in [0.25, 0.3) is 10.9 Å². The zero-order valence-corrected chi connectivity index (χ0v) is 16.3. The normalized spacial score (nSPS) is 16.4. The van der Waals surface area contributed by atoms with Crippen molar-refractivity contribution in [3.63, 3.8) is 0 Å². The van der Waals surface area contributed by atoms with E-state index in [1.165, 1.54) is 28.6 Å². The molecular weight excluding hydrogens is 368 g/mol. The number of hydrogen-bond acceptors (Lipinski definition) is 7. The molecule has 1 fully saturated rings. The number of aromatic nitrogens is 4. The van der Waals surface area contributed by atoms with Crippen LogP contribution in [0.5, 0.6) is 0 Å². The number of fused-ring (bicyclic) bond motifs is 2. The Balaban J connectivity index is 1.34. The summed E-state index contributed by atoms with van der Waals surface area (Å²) >= 11 is 0. The quantitative estimate of drug-likeness (QED) is 0.709. The molecule has 3 heterocycles. The van der Waals surface area contributed by atoms with Crippen LogP contribution in [0, 0.1) is 0 Å². The van der Waals surface area contributed by atoms with Gasteiger partial charge in [-0.1, -0.05) is 0 Å². The topological polar surface area (TPSA) is 87.4 Å². The van der Waals surface area contributed by atoms with E-state index in [1.54, 1.807) is 6.33 Å². The molecule has 2 aliphatic rings. The van der Waals surface area contributed by atoms with Gasteiger partial charge in [0.05, 0.1) is 30.4 Å². The third kappa shape index (κ3) is 3.23. The Hall–Kier alpha value is -3.00. The standard InChI is InChI=1S/C21H24N6O2/c28-11-10-27-14-24-19-12-15(4-5-17(19)21(27)29)25-6-8-26(9-7-25)20-16-2-1-3-18(16)22-13-23-20/h4-5,12-14,28H,1-3,6-11H2. The fourth-order valence-corrected chi connectivity index (χ4v) is 4.40. The van der Waals surface area contributed by atoms with E-state index < -0.39 is 0 Å².